The molecule has 2 aromatic rings. The van der Waals surface area contributed by atoms with E-state index in [1.807, 2.05) is 30.1 Å². The van der Waals surface area contributed by atoms with Gasteiger partial charge in [-0.2, -0.15) is 0 Å². The van der Waals surface area contributed by atoms with Crippen molar-refractivity contribution in [1.29, 1.82) is 0 Å². The van der Waals surface area contributed by atoms with E-state index in [2.05, 4.69) is 9.71 Å². The number of nitrogens with one attached hydrogen (secondary N) is 1. The van der Waals surface area contributed by atoms with E-state index in [1.54, 1.807) is 17.6 Å². The topological polar surface area (TPSA) is 112 Å². The summed E-state index contributed by atoms with van der Waals surface area (Å²) in [6, 6.07) is 8.45. The fraction of sp³-hybridized carbons (Fsp3) is 0.500. The predicted octanol–water partition coefficient (Wildman–Crippen LogP) is 0.0851. The maximum atomic E-state index is 12.4. The van der Waals surface area contributed by atoms with Crippen LogP contribution in [0.3, 0.4) is 0 Å². The van der Waals surface area contributed by atoms with E-state index in [9.17, 15) is 18.6 Å². The molecule has 154 valence electrons. The lowest BCUT2D eigenvalue weighted by atomic mass is 10.0. The van der Waals surface area contributed by atoms with Gasteiger partial charge in [0.05, 0.1) is 18.8 Å². The summed E-state index contributed by atoms with van der Waals surface area (Å²) < 4.78 is 33.3. The third kappa shape index (κ3) is 4.95. The van der Waals surface area contributed by atoms with Crippen molar-refractivity contribution in [1.82, 2.24) is 14.6 Å². The number of nitrogens with zero attached hydrogens (tertiary/aromatic N) is 2. The van der Waals surface area contributed by atoms with Crippen LogP contribution in [-0.2, 0) is 21.2 Å². The van der Waals surface area contributed by atoms with Gasteiger partial charge >= 0.3 is 0 Å². The summed E-state index contributed by atoms with van der Waals surface area (Å²) >= 11 is 1.13. The van der Waals surface area contributed by atoms with Crippen molar-refractivity contribution in [3.8, 4) is 0 Å². The molecule has 0 spiro atoms. The van der Waals surface area contributed by atoms with E-state index in [1.165, 1.54) is 6.07 Å². The molecule has 0 aliphatic carbocycles. The number of aliphatic hydroxyl groups is 2. The Kier molecular flexibility index (Phi) is 7.15. The van der Waals surface area contributed by atoms with Gasteiger partial charge in [0.2, 0.25) is 10.0 Å². The van der Waals surface area contributed by atoms with Gasteiger partial charge in [-0.1, -0.05) is 12.1 Å². The first-order valence-corrected chi connectivity index (χ1v) is 11.4. The quantitative estimate of drug-likeness (QED) is 0.520. The minimum atomic E-state index is -3.63. The molecular weight excluding hydrogens is 402 g/mol. The van der Waals surface area contributed by atoms with Crippen molar-refractivity contribution in [3.05, 3.63) is 47.6 Å². The van der Waals surface area contributed by atoms with E-state index in [0.29, 0.717) is 13.0 Å². The second kappa shape index (κ2) is 9.40. The van der Waals surface area contributed by atoms with E-state index in [-0.39, 0.29) is 17.4 Å². The molecule has 2 aromatic heterocycles. The Morgan fingerprint density at radius 2 is 2.11 bits per heavy atom. The van der Waals surface area contributed by atoms with Gasteiger partial charge in [0, 0.05) is 31.4 Å². The van der Waals surface area contributed by atoms with Crippen LogP contribution in [0.4, 0.5) is 0 Å². The molecule has 0 radical (unpaired) electrons. The molecule has 1 saturated heterocycles. The molecule has 8 nitrogen and oxygen atoms in total. The molecule has 1 fully saturated rings. The van der Waals surface area contributed by atoms with Crippen LogP contribution in [0.2, 0.25) is 0 Å². The van der Waals surface area contributed by atoms with Gasteiger partial charge in [0.1, 0.15) is 16.4 Å². The van der Waals surface area contributed by atoms with Crippen LogP contribution in [0.5, 0.6) is 0 Å². The first-order valence-electron chi connectivity index (χ1n) is 9.00. The first-order chi connectivity index (χ1) is 13.4. The molecule has 0 aromatic carbocycles. The first kappa shape index (κ1) is 21.3. The van der Waals surface area contributed by atoms with Gasteiger partial charge in [-0.3, -0.25) is 9.88 Å². The normalized spacial score (nSPS) is 25.4. The summed E-state index contributed by atoms with van der Waals surface area (Å²) in [5.41, 5.74) is 0.927. The highest BCUT2D eigenvalue weighted by atomic mass is 32.2. The molecule has 28 heavy (non-hydrogen) atoms. The second-order valence-electron chi connectivity index (χ2n) is 6.71. The summed E-state index contributed by atoms with van der Waals surface area (Å²) in [5.74, 6) is 0. The Hall–Kier alpha value is -1.40. The molecule has 3 heterocycles. The molecular formula is C18H25N3O5S2. The molecule has 4 atom stereocenters. The van der Waals surface area contributed by atoms with Crippen molar-refractivity contribution in [3.63, 3.8) is 0 Å². The van der Waals surface area contributed by atoms with Gasteiger partial charge in [-0.15, -0.1) is 11.3 Å². The Balaban J connectivity index is 1.65. The van der Waals surface area contributed by atoms with Gasteiger partial charge in [-0.05, 0) is 30.6 Å². The summed E-state index contributed by atoms with van der Waals surface area (Å²) in [5, 5.41) is 21.8. The maximum absolute atomic E-state index is 12.4. The molecule has 1 aliphatic rings. The number of aromatic nitrogens is 1. The van der Waals surface area contributed by atoms with Crippen LogP contribution in [0.15, 0.2) is 46.1 Å². The van der Waals surface area contributed by atoms with Crippen molar-refractivity contribution >= 4 is 21.4 Å². The van der Waals surface area contributed by atoms with Crippen molar-refractivity contribution in [2.75, 3.05) is 26.7 Å². The zero-order chi connectivity index (χ0) is 20.1. The van der Waals surface area contributed by atoms with E-state index in [4.69, 9.17) is 4.74 Å². The monoisotopic (exact) mass is 427 g/mol. The Bertz CT molecular complexity index is 832. The third-order valence-corrected chi connectivity index (χ3v) is 7.65. The fourth-order valence-corrected chi connectivity index (χ4v) is 5.44. The highest BCUT2D eigenvalue weighted by molar-refractivity contribution is 7.91. The van der Waals surface area contributed by atoms with Gasteiger partial charge in [0.25, 0.3) is 0 Å². The number of hydrogen-bond acceptors (Lipinski definition) is 8. The lowest BCUT2D eigenvalue weighted by molar-refractivity contribution is -0.0201. The molecule has 3 rings (SSSR count). The summed E-state index contributed by atoms with van der Waals surface area (Å²) in [6.45, 7) is 0.279. The average Bonchev–Trinajstić information content (AvgIpc) is 3.34. The number of pyridine rings is 1. The lowest BCUT2D eigenvalue weighted by Gasteiger charge is -2.30. The fourth-order valence-electron chi connectivity index (χ4n) is 3.36. The number of rotatable bonds is 9. The SMILES string of the molecule is CN(CCc1ccccn1)C1C(CNS(=O)(=O)c2cccs2)OC(CO)C1O. The maximum Gasteiger partial charge on any atom is 0.250 e. The van der Waals surface area contributed by atoms with Crippen LogP contribution in [0.1, 0.15) is 5.69 Å². The summed E-state index contributed by atoms with van der Waals surface area (Å²) in [7, 11) is -1.79. The highest BCUT2D eigenvalue weighted by Crippen LogP contribution is 2.26. The van der Waals surface area contributed by atoms with Crippen LogP contribution < -0.4 is 4.72 Å². The number of ether oxygens (including phenoxy) is 1. The zero-order valence-electron chi connectivity index (χ0n) is 15.5. The third-order valence-electron chi connectivity index (χ3n) is 4.83. The van der Waals surface area contributed by atoms with Crippen molar-refractivity contribution in [2.24, 2.45) is 0 Å². The molecule has 4 unspecified atom stereocenters. The molecule has 0 saturated carbocycles. The van der Waals surface area contributed by atoms with E-state index < -0.39 is 34.4 Å². The van der Waals surface area contributed by atoms with Gasteiger partial charge in [-0.25, -0.2) is 13.1 Å². The standard InChI is InChI=1S/C18H25N3O5S2/c1-21(9-7-13-5-2-3-8-19-13)17-14(26-15(12-22)18(17)23)11-20-28(24,25)16-6-4-10-27-16/h2-6,8,10,14-15,17-18,20,22-23H,7,9,11-12H2,1H3. The smallest absolute Gasteiger partial charge is 0.250 e. The minimum Gasteiger partial charge on any atom is -0.394 e. The summed E-state index contributed by atoms with van der Waals surface area (Å²) in [6.07, 6.45) is 0.147. The van der Waals surface area contributed by atoms with Crippen LogP contribution in [0, 0.1) is 0 Å². The number of thiophene rings is 1. The minimum absolute atomic E-state index is 0.00634. The molecule has 0 bridgehead atoms. The Labute approximate surface area is 168 Å². The van der Waals surface area contributed by atoms with Crippen molar-refractivity contribution in [2.45, 2.75) is 35.0 Å². The lowest BCUT2D eigenvalue weighted by Crippen LogP contribution is -2.50. The number of aliphatic hydroxyl groups excluding tert-OH is 2. The molecule has 1 aliphatic heterocycles. The zero-order valence-corrected chi connectivity index (χ0v) is 17.1. The van der Waals surface area contributed by atoms with E-state index in [0.717, 1.165) is 17.0 Å². The average molecular weight is 428 g/mol. The Morgan fingerprint density at radius 1 is 1.29 bits per heavy atom. The van der Waals surface area contributed by atoms with Gasteiger partial charge < -0.3 is 14.9 Å². The van der Waals surface area contributed by atoms with E-state index >= 15 is 0 Å². The number of hydrogen-bond donors (Lipinski definition) is 3. The van der Waals surface area contributed by atoms with Crippen LogP contribution >= 0.6 is 11.3 Å². The number of likely N-dealkylation sites (N-methyl/N-ethyl adjacent to an activating group) is 1. The number of sulfonamides is 1. The summed E-state index contributed by atoms with van der Waals surface area (Å²) in [4.78, 5) is 6.22. The van der Waals surface area contributed by atoms with Crippen LogP contribution in [0.25, 0.3) is 0 Å². The molecule has 0 amide bonds. The predicted molar refractivity (Wildman–Crippen MR) is 106 cm³/mol. The second-order valence-corrected chi connectivity index (χ2v) is 9.65. The van der Waals surface area contributed by atoms with Gasteiger partial charge in [0.15, 0.2) is 0 Å². The largest absolute Gasteiger partial charge is 0.394 e. The van der Waals surface area contributed by atoms with Crippen molar-refractivity contribution < 1.29 is 23.4 Å². The molecule has 10 heteroatoms. The molecule has 3 N–H and O–H groups in total. The van der Waals surface area contributed by atoms with Crippen LogP contribution in [-0.4, -0.2) is 79.6 Å². The Morgan fingerprint density at radius 3 is 2.75 bits per heavy atom. The highest BCUT2D eigenvalue weighted by Gasteiger charge is 2.45.